The Morgan fingerprint density at radius 2 is 1.43 bits per heavy atom. The van der Waals surface area contributed by atoms with Crippen LogP contribution in [0.25, 0.3) is 0 Å². The average molecular weight is 664 g/mol. The van der Waals surface area contributed by atoms with E-state index in [1.54, 1.807) is 54.6 Å². The molecule has 3 atom stereocenters. The second-order valence-corrected chi connectivity index (χ2v) is 14.1. The van der Waals surface area contributed by atoms with Crippen molar-refractivity contribution < 1.29 is 32.6 Å². The third kappa shape index (κ3) is 11.7. The van der Waals surface area contributed by atoms with E-state index in [-0.39, 0.29) is 48.4 Å². The monoisotopic (exact) mass is 663 g/mol. The molecule has 0 bridgehead atoms. The highest BCUT2D eigenvalue weighted by molar-refractivity contribution is 7.94. The van der Waals surface area contributed by atoms with Crippen molar-refractivity contribution in [2.45, 2.75) is 76.6 Å². The smallest absolute Gasteiger partial charge is 0.417 e. The fourth-order valence-electron chi connectivity index (χ4n) is 4.94. The molecule has 10 nitrogen and oxygen atoms in total. The number of phenols is 1. The van der Waals surface area contributed by atoms with Crippen LogP contribution in [0, 0.1) is 11.8 Å². The molecule has 0 aromatic heterocycles. The summed E-state index contributed by atoms with van der Waals surface area (Å²) in [7, 11) is -3.86. The number of imide groups is 1. The molecule has 47 heavy (non-hydrogen) atoms. The van der Waals surface area contributed by atoms with Crippen LogP contribution in [0.5, 0.6) is 5.75 Å². The Hall–Kier alpha value is -4.48. The van der Waals surface area contributed by atoms with Gasteiger partial charge in [-0.15, -0.1) is 0 Å². The Kier molecular flexibility index (Phi) is 13.7. The van der Waals surface area contributed by atoms with Crippen molar-refractivity contribution in [3.63, 3.8) is 0 Å². The Morgan fingerprint density at radius 3 is 2.00 bits per heavy atom. The highest BCUT2D eigenvalue weighted by Gasteiger charge is 2.39. The van der Waals surface area contributed by atoms with Crippen molar-refractivity contribution >= 4 is 27.7 Å². The van der Waals surface area contributed by atoms with Crippen molar-refractivity contribution in [3.05, 3.63) is 108 Å². The lowest BCUT2D eigenvalue weighted by Gasteiger charge is -2.32. The van der Waals surface area contributed by atoms with Gasteiger partial charge in [0.2, 0.25) is 11.8 Å². The number of carbonyl (C=O) groups excluding carboxylic acids is 3. The predicted molar refractivity (Wildman–Crippen MR) is 181 cm³/mol. The van der Waals surface area contributed by atoms with Gasteiger partial charge in [0.05, 0.1) is 17.0 Å². The van der Waals surface area contributed by atoms with Crippen molar-refractivity contribution in [3.8, 4) is 5.75 Å². The topological polar surface area (TPSA) is 156 Å². The Morgan fingerprint density at radius 1 is 0.851 bits per heavy atom. The molecule has 0 saturated carbocycles. The van der Waals surface area contributed by atoms with Crippen molar-refractivity contribution in [2.75, 3.05) is 0 Å². The summed E-state index contributed by atoms with van der Waals surface area (Å²) in [6.07, 6.45) is 0.895. The summed E-state index contributed by atoms with van der Waals surface area (Å²) >= 11 is 0. The number of amides is 3. The van der Waals surface area contributed by atoms with E-state index >= 15 is 0 Å². The number of nitrogens with two attached hydrogens (primary N) is 1. The maximum Gasteiger partial charge on any atom is 0.417 e. The second-order valence-electron chi connectivity index (χ2n) is 12.3. The number of aromatic hydroxyl groups is 1. The predicted octanol–water partition coefficient (Wildman–Crippen LogP) is 5.36. The molecule has 0 saturated heterocycles. The van der Waals surface area contributed by atoms with Gasteiger partial charge in [-0.25, -0.2) is 18.1 Å². The highest BCUT2D eigenvalue weighted by atomic mass is 32.2. The zero-order chi connectivity index (χ0) is 34.6. The molecule has 0 aliphatic carbocycles. The van der Waals surface area contributed by atoms with Crippen LogP contribution in [0.3, 0.4) is 0 Å². The van der Waals surface area contributed by atoms with Gasteiger partial charge >= 0.3 is 6.09 Å². The first-order valence-corrected chi connectivity index (χ1v) is 17.2. The van der Waals surface area contributed by atoms with E-state index in [2.05, 4.69) is 5.32 Å². The van der Waals surface area contributed by atoms with E-state index in [4.69, 9.17) is 10.5 Å². The maximum atomic E-state index is 14.1. The molecule has 3 amide bonds. The minimum Gasteiger partial charge on any atom is -0.508 e. The van der Waals surface area contributed by atoms with Crippen LogP contribution in [0.1, 0.15) is 51.7 Å². The molecule has 252 valence electrons. The summed E-state index contributed by atoms with van der Waals surface area (Å²) in [5, 5.41) is 13.6. The molecule has 3 aromatic carbocycles. The summed E-state index contributed by atoms with van der Waals surface area (Å²) in [5.74, 6) is -1.45. The molecule has 0 spiro atoms. The van der Waals surface area contributed by atoms with E-state index in [1.165, 1.54) is 30.3 Å². The van der Waals surface area contributed by atoms with E-state index < -0.39 is 45.9 Å². The first kappa shape index (κ1) is 37.0. The second kappa shape index (κ2) is 17.4. The van der Waals surface area contributed by atoms with Crippen LogP contribution in [-0.4, -0.2) is 54.5 Å². The van der Waals surface area contributed by atoms with Crippen LogP contribution in [0.2, 0.25) is 0 Å². The normalized spacial score (nSPS) is 13.7. The molecule has 0 radical (unpaired) electrons. The summed E-state index contributed by atoms with van der Waals surface area (Å²) in [6, 6.07) is 19.8. The van der Waals surface area contributed by atoms with E-state index in [9.17, 15) is 27.9 Å². The molecule has 4 N–H and O–H groups in total. The molecule has 3 rings (SSSR count). The van der Waals surface area contributed by atoms with Gasteiger partial charge in [-0.2, -0.15) is 0 Å². The SMILES string of the molecule is CC(C)C[C@H](N)C(=O)N(C(=O)OCc1ccccc1)[C@@H](CC(C)C)C(=O)N[C@H](C=CS(=O)(=O)c1ccccc1)Cc1ccc(O)cc1. The summed E-state index contributed by atoms with van der Waals surface area (Å²) in [6.45, 7) is 7.38. The summed E-state index contributed by atoms with van der Waals surface area (Å²) in [5.41, 5.74) is 7.67. The minimum absolute atomic E-state index is 0.0416. The van der Waals surface area contributed by atoms with E-state index in [0.29, 0.717) is 11.1 Å². The number of sulfone groups is 1. The van der Waals surface area contributed by atoms with Crippen LogP contribution in [0.4, 0.5) is 4.79 Å². The number of hydrogen-bond donors (Lipinski definition) is 3. The van der Waals surface area contributed by atoms with Crippen molar-refractivity contribution in [2.24, 2.45) is 17.6 Å². The summed E-state index contributed by atoms with van der Waals surface area (Å²) < 4.78 is 31.7. The van der Waals surface area contributed by atoms with Gasteiger partial charge in [0.1, 0.15) is 18.4 Å². The Balaban J connectivity index is 1.98. The molecule has 11 heteroatoms. The van der Waals surface area contributed by atoms with Gasteiger partial charge in [-0.05, 0) is 66.5 Å². The highest BCUT2D eigenvalue weighted by Crippen LogP contribution is 2.20. The Bertz CT molecular complexity index is 1590. The number of nitrogens with zero attached hydrogens (tertiary/aromatic N) is 1. The van der Waals surface area contributed by atoms with Gasteiger partial charge < -0.3 is 20.9 Å². The van der Waals surface area contributed by atoms with Crippen molar-refractivity contribution in [1.29, 1.82) is 0 Å². The van der Waals surface area contributed by atoms with Crippen molar-refractivity contribution in [1.82, 2.24) is 10.2 Å². The number of carbonyl (C=O) groups is 3. The van der Waals surface area contributed by atoms with E-state index in [1.807, 2.05) is 33.8 Å². The molecular weight excluding hydrogens is 618 g/mol. The van der Waals surface area contributed by atoms with Gasteiger partial charge in [0.15, 0.2) is 9.84 Å². The summed E-state index contributed by atoms with van der Waals surface area (Å²) in [4.78, 5) is 42.4. The van der Waals surface area contributed by atoms with Gasteiger partial charge in [-0.3, -0.25) is 9.59 Å². The lowest BCUT2D eigenvalue weighted by atomic mass is 9.98. The number of hydrogen-bond acceptors (Lipinski definition) is 8. The molecule has 0 unspecified atom stereocenters. The molecule has 0 aliphatic heterocycles. The van der Waals surface area contributed by atoms with E-state index in [0.717, 1.165) is 10.3 Å². The number of rotatable bonds is 15. The first-order valence-electron chi connectivity index (χ1n) is 15.6. The third-order valence-corrected chi connectivity index (χ3v) is 8.72. The lowest BCUT2D eigenvalue weighted by molar-refractivity contribution is -0.140. The third-order valence-electron chi connectivity index (χ3n) is 7.27. The minimum atomic E-state index is -3.86. The number of benzene rings is 3. The van der Waals surface area contributed by atoms with Crippen LogP contribution in [0.15, 0.2) is 101 Å². The Labute approximate surface area is 277 Å². The number of phenolic OH excluding ortho intramolecular Hbond substituents is 1. The standard InChI is InChI=1S/C36H45N3O7S/c1-25(2)21-32(37)35(42)39(36(43)46-24-28-11-7-5-8-12-28)33(22-26(3)4)34(41)38-29(23-27-15-17-30(40)18-16-27)19-20-47(44,45)31-13-9-6-10-14-31/h5-20,25-26,29,32-33,40H,21-24,37H2,1-4H3,(H,38,41)/t29-,32+,33+/m1/s1. The largest absolute Gasteiger partial charge is 0.508 e. The van der Waals surface area contributed by atoms with Gasteiger partial charge in [0.25, 0.3) is 0 Å². The maximum absolute atomic E-state index is 14.1. The molecular formula is C36H45N3O7S. The molecule has 3 aromatic rings. The first-order chi connectivity index (χ1) is 22.3. The number of ether oxygens (including phenoxy) is 1. The van der Waals surface area contributed by atoms with Gasteiger partial charge in [0, 0.05) is 5.41 Å². The van der Waals surface area contributed by atoms with Crippen LogP contribution in [-0.2, 0) is 37.2 Å². The zero-order valence-corrected chi connectivity index (χ0v) is 28.1. The molecule has 0 aliphatic rings. The number of nitrogens with one attached hydrogen (secondary N) is 1. The quantitative estimate of drug-likeness (QED) is 0.196. The zero-order valence-electron chi connectivity index (χ0n) is 27.3. The molecule has 0 heterocycles. The fraction of sp³-hybridized carbons (Fsp3) is 0.361. The average Bonchev–Trinajstić information content (AvgIpc) is 3.03. The molecule has 0 fully saturated rings. The fourth-order valence-corrected chi connectivity index (χ4v) is 6.03. The van der Waals surface area contributed by atoms with Crippen LogP contribution < -0.4 is 11.1 Å². The van der Waals surface area contributed by atoms with Gasteiger partial charge in [-0.1, -0.05) is 94.4 Å². The lowest BCUT2D eigenvalue weighted by Crippen LogP contribution is -2.58. The van der Waals surface area contributed by atoms with Crippen LogP contribution >= 0.6 is 0 Å².